The predicted molar refractivity (Wildman–Crippen MR) is 52.9 cm³/mol. The molecule has 76 valence electrons. The van der Waals surface area contributed by atoms with Crippen LogP contribution < -0.4 is 5.73 Å². The molecule has 1 heterocycles. The predicted octanol–water partition coefficient (Wildman–Crippen LogP) is 1.49. The lowest BCUT2D eigenvalue weighted by Crippen LogP contribution is -2.41. The topological polar surface area (TPSA) is 76.5 Å². The van der Waals surface area contributed by atoms with Gasteiger partial charge >= 0.3 is 5.97 Å². The molecule has 1 aliphatic rings. The number of carboxylic acid groups (broad SMARTS) is 1. The highest BCUT2D eigenvalue weighted by Crippen LogP contribution is 2.51. The Morgan fingerprint density at radius 2 is 2.36 bits per heavy atom. The second kappa shape index (κ2) is 3.10. The van der Waals surface area contributed by atoms with Gasteiger partial charge in [-0.3, -0.25) is 4.79 Å². The van der Waals surface area contributed by atoms with Crippen molar-refractivity contribution in [2.45, 2.75) is 24.3 Å². The molecule has 1 aliphatic carbocycles. The van der Waals surface area contributed by atoms with E-state index in [1.807, 2.05) is 0 Å². The normalized spacial score (nSPS) is 20.4. The first-order valence-electron chi connectivity index (χ1n) is 4.29. The van der Waals surface area contributed by atoms with Gasteiger partial charge in [0.1, 0.15) is 18.1 Å². The van der Waals surface area contributed by atoms with Crippen molar-refractivity contribution in [3.8, 4) is 0 Å². The van der Waals surface area contributed by atoms with E-state index < -0.39 is 17.4 Å². The molecular formula is C9H10BrNO3. The summed E-state index contributed by atoms with van der Waals surface area (Å²) < 4.78 is 6.09. The van der Waals surface area contributed by atoms with Crippen LogP contribution in [0.15, 0.2) is 21.2 Å². The summed E-state index contributed by atoms with van der Waals surface area (Å²) in [4.78, 5) is 10.8. The van der Waals surface area contributed by atoms with E-state index in [2.05, 4.69) is 15.9 Å². The van der Waals surface area contributed by atoms with Gasteiger partial charge in [0.25, 0.3) is 0 Å². The molecule has 0 radical (unpaired) electrons. The molecule has 1 saturated carbocycles. The third kappa shape index (κ3) is 1.36. The molecule has 1 atom stereocenters. The molecule has 0 spiro atoms. The minimum Gasteiger partial charge on any atom is -0.480 e. The van der Waals surface area contributed by atoms with Crippen LogP contribution in [0.1, 0.15) is 18.6 Å². The summed E-state index contributed by atoms with van der Waals surface area (Å²) >= 11 is 3.26. The van der Waals surface area contributed by atoms with Crippen molar-refractivity contribution in [1.82, 2.24) is 0 Å². The van der Waals surface area contributed by atoms with E-state index in [-0.39, 0.29) is 0 Å². The maximum atomic E-state index is 10.8. The number of aliphatic carboxylic acids is 1. The van der Waals surface area contributed by atoms with Gasteiger partial charge in [0.2, 0.25) is 0 Å². The van der Waals surface area contributed by atoms with E-state index in [0.29, 0.717) is 5.76 Å². The number of nitrogens with two attached hydrogens (primary N) is 1. The lowest BCUT2D eigenvalue weighted by molar-refractivity contribution is -0.139. The summed E-state index contributed by atoms with van der Waals surface area (Å²) in [6, 6.07) is 0.913. The lowest BCUT2D eigenvalue weighted by Gasteiger charge is -2.16. The number of hydrogen-bond acceptors (Lipinski definition) is 3. The van der Waals surface area contributed by atoms with Crippen LogP contribution in [-0.4, -0.2) is 17.1 Å². The molecule has 0 amide bonds. The van der Waals surface area contributed by atoms with Gasteiger partial charge in [-0.15, -0.1) is 0 Å². The Kier molecular flexibility index (Phi) is 2.16. The van der Waals surface area contributed by atoms with E-state index in [1.54, 1.807) is 12.3 Å². The Morgan fingerprint density at radius 3 is 2.71 bits per heavy atom. The molecule has 0 saturated heterocycles. The molecule has 0 aromatic carbocycles. The van der Waals surface area contributed by atoms with E-state index in [4.69, 9.17) is 15.3 Å². The average molecular weight is 260 g/mol. The molecule has 2 rings (SSSR count). The van der Waals surface area contributed by atoms with Crippen LogP contribution in [0.25, 0.3) is 0 Å². The van der Waals surface area contributed by atoms with Crippen LogP contribution in [0.4, 0.5) is 0 Å². The Morgan fingerprint density at radius 1 is 1.71 bits per heavy atom. The Labute approximate surface area is 89.2 Å². The fourth-order valence-corrected chi connectivity index (χ4v) is 1.96. The summed E-state index contributed by atoms with van der Waals surface area (Å²) in [5.41, 5.74) is 5.15. The van der Waals surface area contributed by atoms with Gasteiger partial charge in [-0.05, 0) is 34.8 Å². The standard InChI is InChI=1S/C9H10BrNO3/c10-5-3-6(14-4-5)9(1-2-9)7(11)8(12)13/h3-4,7H,1-2,11H2,(H,12,13). The van der Waals surface area contributed by atoms with E-state index in [1.165, 1.54) is 0 Å². The van der Waals surface area contributed by atoms with Crippen molar-refractivity contribution in [3.63, 3.8) is 0 Å². The fourth-order valence-electron chi connectivity index (χ4n) is 1.66. The van der Waals surface area contributed by atoms with Gasteiger partial charge in [0, 0.05) is 0 Å². The monoisotopic (exact) mass is 259 g/mol. The van der Waals surface area contributed by atoms with Crippen molar-refractivity contribution < 1.29 is 14.3 Å². The summed E-state index contributed by atoms with van der Waals surface area (Å²) in [5.74, 6) is -0.311. The molecule has 1 aromatic rings. The van der Waals surface area contributed by atoms with Gasteiger partial charge in [-0.1, -0.05) is 0 Å². The molecule has 5 heteroatoms. The van der Waals surface area contributed by atoms with Crippen LogP contribution in [0.2, 0.25) is 0 Å². The van der Waals surface area contributed by atoms with Crippen molar-refractivity contribution in [2.24, 2.45) is 5.73 Å². The van der Waals surface area contributed by atoms with Crippen molar-refractivity contribution in [1.29, 1.82) is 0 Å². The maximum absolute atomic E-state index is 10.8. The van der Waals surface area contributed by atoms with Crippen LogP contribution in [0.5, 0.6) is 0 Å². The average Bonchev–Trinajstić information content (AvgIpc) is 2.83. The molecule has 3 N–H and O–H groups in total. The molecular weight excluding hydrogens is 250 g/mol. The maximum Gasteiger partial charge on any atom is 0.321 e. The number of hydrogen-bond donors (Lipinski definition) is 2. The van der Waals surface area contributed by atoms with Crippen LogP contribution in [0, 0.1) is 0 Å². The molecule has 0 bridgehead atoms. The van der Waals surface area contributed by atoms with Crippen LogP contribution in [-0.2, 0) is 10.2 Å². The third-order valence-electron chi connectivity index (χ3n) is 2.71. The van der Waals surface area contributed by atoms with Crippen LogP contribution in [0.3, 0.4) is 0 Å². The molecule has 4 nitrogen and oxygen atoms in total. The highest BCUT2D eigenvalue weighted by Gasteiger charge is 2.54. The quantitative estimate of drug-likeness (QED) is 0.863. The fraction of sp³-hybridized carbons (Fsp3) is 0.444. The summed E-state index contributed by atoms with van der Waals surface area (Å²) in [6.07, 6.45) is 3.10. The van der Waals surface area contributed by atoms with E-state index >= 15 is 0 Å². The van der Waals surface area contributed by atoms with E-state index in [0.717, 1.165) is 17.3 Å². The highest BCUT2D eigenvalue weighted by molar-refractivity contribution is 9.10. The second-order valence-electron chi connectivity index (χ2n) is 3.60. The number of furan rings is 1. The number of halogens is 1. The van der Waals surface area contributed by atoms with Crippen molar-refractivity contribution in [2.75, 3.05) is 0 Å². The summed E-state index contributed by atoms with van der Waals surface area (Å²) in [7, 11) is 0. The van der Waals surface area contributed by atoms with Crippen molar-refractivity contribution in [3.05, 3.63) is 22.6 Å². The minimum atomic E-state index is -0.977. The van der Waals surface area contributed by atoms with Gasteiger partial charge in [0.15, 0.2) is 0 Å². The van der Waals surface area contributed by atoms with Gasteiger partial charge in [-0.25, -0.2) is 0 Å². The zero-order valence-electron chi connectivity index (χ0n) is 7.37. The minimum absolute atomic E-state index is 0.474. The zero-order chi connectivity index (χ0) is 10.3. The lowest BCUT2D eigenvalue weighted by atomic mass is 9.94. The number of carboxylic acids is 1. The molecule has 0 aliphatic heterocycles. The third-order valence-corrected chi connectivity index (χ3v) is 3.12. The molecule has 1 fully saturated rings. The molecule has 1 unspecified atom stereocenters. The highest BCUT2D eigenvalue weighted by atomic mass is 79.9. The first-order chi connectivity index (χ1) is 6.56. The van der Waals surface area contributed by atoms with E-state index in [9.17, 15) is 4.79 Å². The van der Waals surface area contributed by atoms with Gasteiger partial charge < -0.3 is 15.3 Å². The first kappa shape index (κ1) is 9.73. The number of carbonyl (C=O) groups is 1. The van der Waals surface area contributed by atoms with Gasteiger partial charge in [-0.2, -0.15) is 0 Å². The first-order valence-corrected chi connectivity index (χ1v) is 5.08. The number of rotatable bonds is 3. The Balaban J connectivity index is 2.29. The molecule has 14 heavy (non-hydrogen) atoms. The molecule has 1 aromatic heterocycles. The zero-order valence-corrected chi connectivity index (χ0v) is 8.95. The smallest absolute Gasteiger partial charge is 0.321 e. The SMILES string of the molecule is NC(C(=O)O)C1(c2cc(Br)co2)CC1. The summed E-state index contributed by atoms with van der Waals surface area (Å²) in [5, 5.41) is 8.85. The largest absolute Gasteiger partial charge is 0.480 e. The summed E-state index contributed by atoms with van der Waals surface area (Å²) in [6.45, 7) is 0. The van der Waals surface area contributed by atoms with Crippen molar-refractivity contribution >= 4 is 21.9 Å². The Hall–Kier alpha value is -0.810. The van der Waals surface area contributed by atoms with Gasteiger partial charge in [0.05, 0.1) is 9.89 Å². The van der Waals surface area contributed by atoms with Crippen LogP contribution >= 0.6 is 15.9 Å². The Bertz CT molecular complexity index is 370. The second-order valence-corrected chi connectivity index (χ2v) is 4.52.